The van der Waals surface area contributed by atoms with Crippen LogP contribution in [0.15, 0.2) is 4.99 Å². The monoisotopic (exact) mass is 456 g/mol. The van der Waals surface area contributed by atoms with Gasteiger partial charge in [-0.25, -0.2) is 0 Å². The first-order chi connectivity index (χ1) is 10.9. The van der Waals surface area contributed by atoms with Gasteiger partial charge in [0.1, 0.15) is 0 Å². The van der Waals surface area contributed by atoms with Crippen molar-refractivity contribution >= 4 is 35.8 Å². The highest BCUT2D eigenvalue weighted by molar-refractivity contribution is 14.0. The van der Waals surface area contributed by atoms with Gasteiger partial charge in [0.05, 0.1) is 26.4 Å². The van der Waals surface area contributed by atoms with Gasteiger partial charge in [0.15, 0.2) is 5.96 Å². The summed E-state index contributed by atoms with van der Waals surface area (Å²) in [5.74, 6) is 1.24. The summed E-state index contributed by atoms with van der Waals surface area (Å²) in [5.41, 5.74) is -0.222. The van der Waals surface area contributed by atoms with Crippen molar-refractivity contribution in [2.24, 2.45) is 10.9 Å². The van der Waals surface area contributed by atoms with Crippen LogP contribution in [0.1, 0.15) is 27.2 Å². The molecule has 1 saturated heterocycles. The van der Waals surface area contributed by atoms with Crippen molar-refractivity contribution in [3.63, 3.8) is 0 Å². The second-order valence-corrected chi connectivity index (χ2v) is 6.87. The molecule has 1 aliphatic rings. The molecule has 142 valence electrons. The molecule has 0 spiro atoms. The van der Waals surface area contributed by atoms with E-state index in [4.69, 9.17) is 9.47 Å². The van der Waals surface area contributed by atoms with Gasteiger partial charge in [0, 0.05) is 38.7 Å². The van der Waals surface area contributed by atoms with E-state index in [1.807, 2.05) is 20.8 Å². The van der Waals surface area contributed by atoms with Crippen molar-refractivity contribution in [2.45, 2.75) is 32.7 Å². The molecule has 1 aliphatic heterocycles. The minimum absolute atomic E-state index is 0. The topological polar surface area (TPSA) is 75.2 Å². The maximum absolute atomic E-state index is 11.9. The summed E-state index contributed by atoms with van der Waals surface area (Å²) < 4.78 is 10.6. The van der Waals surface area contributed by atoms with Gasteiger partial charge < -0.3 is 25.0 Å². The zero-order chi connectivity index (χ0) is 17.3. The summed E-state index contributed by atoms with van der Waals surface area (Å²) in [7, 11) is 3.42. The highest BCUT2D eigenvalue weighted by Crippen LogP contribution is 2.16. The Hall–Kier alpha value is -0.610. The molecule has 0 aromatic heterocycles. The number of rotatable bonds is 7. The van der Waals surface area contributed by atoms with Crippen LogP contribution in [0.3, 0.4) is 0 Å². The number of methoxy groups -OCH3 is 1. The van der Waals surface area contributed by atoms with Gasteiger partial charge in [0.2, 0.25) is 5.91 Å². The molecular formula is C16H33IN4O3. The largest absolute Gasteiger partial charge is 0.382 e. The fourth-order valence-electron chi connectivity index (χ4n) is 2.51. The summed E-state index contributed by atoms with van der Waals surface area (Å²) in [6, 6.07) is 0. The zero-order valence-corrected chi connectivity index (χ0v) is 17.9. The fraction of sp³-hybridized carbons (Fsp3) is 0.875. The van der Waals surface area contributed by atoms with Gasteiger partial charge in [-0.3, -0.25) is 9.79 Å². The minimum atomic E-state index is -0.222. The molecule has 1 rings (SSSR count). The molecule has 0 aromatic carbocycles. The lowest BCUT2D eigenvalue weighted by Crippen LogP contribution is -2.48. The average Bonchev–Trinajstić information content (AvgIpc) is 2.91. The average molecular weight is 456 g/mol. The molecule has 1 atom stereocenters. The highest BCUT2D eigenvalue weighted by atomic mass is 127. The van der Waals surface area contributed by atoms with Crippen LogP contribution in [0, 0.1) is 5.92 Å². The van der Waals surface area contributed by atoms with E-state index in [1.165, 1.54) is 0 Å². The Morgan fingerprint density at radius 2 is 2.04 bits per heavy atom. The third kappa shape index (κ3) is 9.63. The molecule has 0 saturated carbocycles. The van der Waals surface area contributed by atoms with Crippen LogP contribution in [0.25, 0.3) is 0 Å². The standard InChI is InChI=1S/C16H32N4O3.HI/c1-16(2,3)19-14(21)10-18-15(17-4)20-7-6-13(11-20)12-23-9-8-22-5;/h13H,6-12H2,1-5H3,(H,17,18)(H,19,21);1H. The Kier molecular flexibility index (Phi) is 11.6. The van der Waals surface area contributed by atoms with Gasteiger partial charge >= 0.3 is 0 Å². The number of hydrogen-bond acceptors (Lipinski definition) is 4. The lowest BCUT2D eigenvalue weighted by molar-refractivity contribution is -0.121. The summed E-state index contributed by atoms with van der Waals surface area (Å²) in [4.78, 5) is 18.3. The van der Waals surface area contributed by atoms with E-state index in [-0.39, 0.29) is 42.0 Å². The maximum Gasteiger partial charge on any atom is 0.239 e. The van der Waals surface area contributed by atoms with Crippen LogP contribution in [0.2, 0.25) is 0 Å². The molecule has 1 unspecified atom stereocenters. The molecule has 0 bridgehead atoms. The third-order valence-corrected chi connectivity index (χ3v) is 3.50. The number of guanidine groups is 1. The van der Waals surface area contributed by atoms with Crippen LogP contribution >= 0.6 is 24.0 Å². The number of likely N-dealkylation sites (tertiary alicyclic amines) is 1. The van der Waals surface area contributed by atoms with E-state index in [0.29, 0.717) is 19.1 Å². The van der Waals surface area contributed by atoms with E-state index in [0.717, 1.165) is 32.1 Å². The molecule has 1 heterocycles. The summed E-state index contributed by atoms with van der Waals surface area (Å²) >= 11 is 0. The number of amides is 1. The first-order valence-corrected chi connectivity index (χ1v) is 8.19. The van der Waals surface area contributed by atoms with E-state index in [2.05, 4.69) is 20.5 Å². The molecule has 0 aromatic rings. The smallest absolute Gasteiger partial charge is 0.239 e. The van der Waals surface area contributed by atoms with Crippen molar-refractivity contribution in [1.29, 1.82) is 0 Å². The van der Waals surface area contributed by atoms with Crippen molar-refractivity contribution in [3.05, 3.63) is 0 Å². The van der Waals surface area contributed by atoms with Crippen molar-refractivity contribution in [3.8, 4) is 0 Å². The van der Waals surface area contributed by atoms with Crippen molar-refractivity contribution < 1.29 is 14.3 Å². The number of hydrogen-bond donors (Lipinski definition) is 2. The Bertz CT molecular complexity index is 399. The van der Waals surface area contributed by atoms with Crippen LogP contribution in [-0.2, 0) is 14.3 Å². The Morgan fingerprint density at radius 1 is 1.33 bits per heavy atom. The Balaban J connectivity index is 0.00000529. The highest BCUT2D eigenvalue weighted by Gasteiger charge is 2.25. The number of nitrogens with one attached hydrogen (secondary N) is 2. The van der Waals surface area contributed by atoms with Gasteiger partial charge in [-0.1, -0.05) is 0 Å². The number of carbonyl (C=O) groups excluding carboxylic acids is 1. The minimum Gasteiger partial charge on any atom is -0.382 e. The molecule has 7 nitrogen and oxygen atoms in total. The second kappa shape index (κ2) is 11.9. The van der Waals surface area contributed by atoms with Gasteiger partial charge in [-0.05, 0) is 27.2 Å². The van der Waals surface area contributed by atoms with Gasteiger partial charge in [-0.15, -0.1) is 24.0 Å². The normalized spacial score (nSPS) is 18.3. The van der Waals surface area contributed by atoms with Crippen molar-refractivity contribution in [2.75, 3.05) is 53.6 Å². The summed E-state index contributed by atoms with van der Waals surface area (Å²) in [6.07, 6.45) is 1.07. The number of nitrogens with zero attached hydrogens (tertiary/aromatic N) is 2. The molecule has 0 radical (unpaired) electrons. The van der Waals surface area contributed by atoms with Crippen molar-refractivity contribution in [1.82, 2.24) is 15.5 Å². The summed E-state index contributed by atoms with van der Waals surface area (Å²) in [6.45, 7) is 9.95. The quantitative estimate of drug-likeness (QED) is 0.260. The molecule has 24 heavy (non-hydrogen) atoms. The van der Waals surface area contributed by atoms with E-state index in [9.17, 15) is 4.79 Å². The van der Waals surface area contributed by atoms with E-state index < -0.39 is 0 Å². The first kappa shape index (κ1) is 23.4. The second-order valence-electron chi connectivity index (χ2n) is 6.87. The lowest BCUT2D eigenvalue weighted by Gasteiger charge is -2.24. The number of ether oxygens (including phenoxy) is 2. The van der Waals surface area contributed by atoms with Crippen LogP contribution in [-0.4, -0.2) is 75.9 Å². The van der Waals surface area contributed by atoms with E-state index in [1.54, 1.807) is 14.2 Å². The molecule has 2 N–H and O–H groups in total. The number of carbonyl (C=O) groups is 1. The third-order valence-electron chi connectivity index (χ3n) is 3.50. The van der Waals surface area contributed by atoms with Crippen LogP contribution in [0.5, 0.6) is 0 Å². The molecule has 1 fully saturated rings. The van der Waals surface area contributed by atoms with Gasteiger partial charge in [-0.2, -0.15) is 0 Å². The molecular weight excluding hydrogens is 423 g/mol. The van der Waals surface area contributed by atoms with Gasteiger partial charge in [0.25, 0.3) is 0 Å². The SMILES string of the molecule is CN=C(NCC(=O)NC(C)(C)C)N1CCC(COCCOC)C1.I. The lowest BCUT2D eigenvalue weighted by atomic mass is 10.1. The first-order valence-electron chi connectivity index (χ1n) is 8.19. The van der Waals surface area contributed by atoms with Crippen LogP contribution in [0.4, 0.5) is 0 Å². The molecule has 8 heteroatoms. The fourth-order valence-corrected chi connectivity index (χ4v) is 2.51. The van der Waals surface area contributed by atoms with Crippen LogP contribution < -0.4 is 10.6 Å². The maximum atomic E-state index is 11.9. The Morgan fingerprint density at radius 3 is 2.62 bits per heavy atom. The predicted octanol–water partition coefficient (Wildman–Crippen LogP) is 1.08. The number of halogens is 1. The Labute approximate surface area is 162 Å². The summed E-state index contributed by atoms with van der Waals surface area (Å²) in [5, 5.41) is 6.06. The zero-order valence-electron chi connectivity index (χ0n) is 15.6. The predicted molar refractivity (Wildman–Crippen MR) is 107 cm³/mol. The molecule has 1 amide bonds. The van der Waals surface area contributed by atoms with E-state index >= 15 is 0 Å². The number of aliphatic imine (C=N–C) groups is 1. The molecule has 0 aliphatic carbocycles.